The van der Waals surface area contributed by atoms with Gasteiger partial charge in [0.2, 0.25) is 0 Å². The van der Waals surface area contributed by atoms with E-state index in [2.05, 4.69) is 0 Å². The summed E-state index contributed by atoms with van der Waals surface area (Å²) >= 11 is 0. The number of benzene rings is 1. The normalized spacial score (nSPS) is 4.80. The van der Waals surface area contributed by atoms with Crippen molar-refractivity contribution in [3.63, 3.8) is 0 Å². The van der Waals surface area contributed by atoms with Gasteiger partial charge in [0.15, 0.2) is 0 Å². The second kappa shape index (κ2) is 16.3. The summed E-state index contributed by atoms with van der Waals surface area (Å²) in [5.74, 6) is 0. The summed E-state index contributed by atoms with van der Waals surface area (Å²) in [6, 6.07) is 12.0. The standard InChI is InChI=1S/C6H6.Al.3ClH/c1-2-4-6-5-3-1;;;;/h1-6H;;3*1H/q;+3;;;/p-3. The van der Waals surface area contributed by atoms with Crippen LogP contribution < -0.4 is 37.2 Å². The van der Waals surface area contributed by atoms with Gasteiger partial charge >= 0.3 is 17.4 Å². The van der Waals surface area contributed by atoms with Gasteiger partial charge in [0, 0.05) is 0 Å². The smallest absolute Gasteiger partial charge is 1.00 e. The Morgan fingerprint density at radius 1 is 0.400 bits per heavy atom. The zero-order valence-corrected chi connectivity index (χ0v) is 8.60. The van der Waals surface area contributed by atoms with E-state index in [9.17, 15) is 0 Å². The molecule has 0 heterocycles. The summed E-state index contributed by atoms with van der Waals surface area (Å²) in [6.07, 6.45) is 0. The average molecular weight is 211 g/mol. The third-order valence-corrected chi connectivity index (χ3v) is 0.667. The molecular formula is C6H6AlCl3. The van der Waals surface area contributed by atoms with Crippen LogP contribution in [0.4, 0.5) is 0 Å². The maximum Gasteiger partial charge on any atom is 3.00 e. The van der Waals surface area contributed by atoms with Crippen molar-refractivity contribution in [2.45, 2.75) is 0 Å². The van der Waals surface area contributed by atoms with Gasteiger partial charge in [0.25, 0.3) is 0 Å². The second-order valence-electron chi connectivity index (χ2n) is 1.15. The van der Waals surface area contributed by atoms with Crippen LogP contribution in [0.15, 0.2) is 36.4 Å². The van der Waals surface area contributed by atoms with Gasteiger partial charge < -0.3 is 37.2 Å². The van der Waals surface area contributed by atoms with Gasteiger partial charge in [-0.1, -0.05) is 36.4 Å². The van der Waals surface area contributed by atoms with Gasteiger partial charge in [-0.2, -0.15) is 0 Å². The van der Waals surface area contributed by atoms with Gasteiger partial charge in [-0.15, -0.1) is 0 Å². The van der Waals surface area contributed by atoms with Gasteiger partial charge in [-0.3, -0.25) is 0 Å². The number of hydrogen-bond donors (Lipinski definition) is 0. The summed E-state index contributed by atoms with van der Waals surface area (Å²) in [5.41, 5.74) is 0. The molecular weight excluding hydrogens is 205 g/mol. The van der Waals surface area contributed by atoms with Crippen LogP contribution in [0.5, 0.6) is 0 Å². The predicted molar refractivity (Wildman–Crippen MR) is 32.2 cm³/mol. The average Bonchev–Trinajstić information content (AvgIpc) is 1.72. The molecule has 0 bridgehead atoms. The first kappa shape index (κ1) is 22.4. The molecule has 4 heteroatoms. The fourth-order valence-electron chi connectivity index (χ4n) is 0.385. The van der Waals surface area contributed by atoms with Crippen LogP contribution in [0.2, 0.25) is 0 Å². The van der Waals surface area contributed by atoms with Crippen molar-refractivity contribution in [3.05, 3.63) is 36.4 Å². The third-order valence-electron chi connectivity index (χ3n) is 0.667. The van der Waals surface area contributed by atoms with E-state index in [0.717, 1.165) is 0 Å². The van der Waals surface area contributed by atoms with Crippen molar-refractivity contribution >= 4 is 17.4 Å². The van der Waals surface area contributed by atoms with E-state index in [4.69, 9.17) is 0 Å². The summed E-state index contributed by atoms with van der Waals surface area (Å²) in [6.45, 7) is 0. The number of rotatable bonds is 0. The number of halogens is 3. The van der Waals surface area contributed by atoms with Crippen LogP contribution >= 0.6 is 0 Å². The third kappa shape index (κ3) is 11.4. The first-order valence-corrected chi connectivity index (χ1v) is 2.00. The molecule has 0 aliphatic rings. The van der Waals surface area contributed by atoms with Crippen LogP contribution in [0.25, 0.3) is 0 Å². The van der Waals surface area contributed by atoms with Crippen LogP contribution in [-0.2, 0) is 0 Å². The molecule has 0 aliphatic carbocycles. The molecule has 0 saturated carbocycles. The molecule has 1 aromatic rings. The maximum absolute atomic E-state index is 2.00. The fraction of sp³-hybridized carbons (Fsp3) is 0. The molecule has 0 spiro atoms. The maximum atomic E-state index is 2.00. The number of hydrogen-bond acceptors (Lipinski definition) is 0. The van der Waals surface area contributed by atoms with Crippen molar-refractivity contribution in [3.8, 4) is 0 Å². The van der Waals surface area contributed by atoms with Crippen LogP contribution in [0.1, 0.15) is 0 Å². The second-order valence-corrected chi connectivity index (χ2v) is 1.15. The minimum atomic E-state index is 0. The molecule has 0 atom stereocenters. The SMILES string of the molecule is [Al+3].[Cl-].[Cl-].[Cl-].c1ccccc1. The molecule has 0 saturated heterocycles. The zero-order valence-electron chi connectivity index (χ0n) is 5.18. The van der Waals surface area contributed by atoms with Gasteiger partial charge in [0.05, 0.1) is 0 Å². The molecule has 0 N–H and O–H groups in total. The molecule has 0 aromatic heterocycles. The largest absolute Gasteiger partial charge is 3.00 e. The Balaban J connectivity index is -0.0000000450. The minimum Gasteiger partial charge on any atom is -1.00 e. The fourth-order valence-corrected chi connectivity index (χ4v) is 0.385. The van der Waals surface area contributed by atoms with E-state index in [1.54, 1.807) is 0 Å². The van der Waals surface area contributed by atoms with E-state index >= 15 is 0 Å². The summed E-state index contributed by atoms with van der Waals surface area (Å²) in [5, 5.41) is 0. The molecule has 0 fully saturated rings. The van der Waals surface area contributed by atoms with Crippen molar-refractivity contribution < 1.29 is 37.2 Å². The first-order chi connectivity index (χ1) is 3.00. The topological polar surface area (TPSA) is 0 Å². The van der Waals surface area contributed by atoms with E-state index < -0.39 is 0 Å². The first-order valence-electron chi connectivity index (χ1n) is 2.00. The van der Waals surface area contributed by atoms with E-state index in [1.165, 1.54) is 0 Å². The molecule has 0 radical (unpaired) electrons. The molecule has 0 aliphatic heterocycles. The zero-order chi connectivity index (χ0) is 4.24. The Labute approximate surface area is 90.8 Å². The molecule has 0 amide bonds. The van der Waals surface area contributed by atoms with Crippen molar-refractivity contribution in [2.24, 2.45) is 0 Å². The van der Waals surface area contributed by atoms with Crippen molar-refractivity contribution in [1.29, 1.82) is 0 Å². The van der Waals surface area contributed by atoms with Crippen LogP contribution in [-0.4, -0.2) is 17.4 Å². The van der Waals surface area contributed by atoms with Crippen LogP contribution in [0, 0.1) is 0 Å². The van der Waals surface area contributed by atoms with Crippen molar-refractivity contribution in [2.75, 3.05) is 0 Å². The van der Waals surface area contributed by atoms with E-state index in [-0.39, 0.29) is 54.6 Å². The Hall–Kier alpha value is 0.622. The molecule has 0 nitrogen and oxygen atoms in total. The van der Waals surface area contributed by atoms with Gasteiger partial charge in [-0.25, -0.2) is 0 Å². The molecule has 0 unspecified atom stereocenters. The summed E-state index contributed by atoms with van der Waals surface area (Å²) in [7, 11) is 0. The van der Waals surface area contributed by atoms with Crippen molar-refractivity contribution in [1.82, 2.24) is 0 Å². The monoisotopic (exact) mass is 210 g/mol. The van der Waals surface area contributed by atoms with Gasteiger partial charge in [0.1, 0.15) is 0 Å². The Morgan fingerprint density at radius 3 is 0.600 bits per heavy atom. The molecule has 1 rings (SSSR count). The predicted octanol–water partition coefficient (Wildman–Crippen LogP) is -7.68. The molecule has 10 heavy (non-hydrogen) atoms. The Morgan fingerprint density at radius 2 is 0.500 bits per heavy atom. The summed E-state index contributed by atoms with van der Waals surface area (Å²) in [4.78, 5) is 0. The summed E-state index contributed by atoms with van der Waals surface area (Å²) < 4.78 is 0. The van der Waals surface area contributed by atoms with E-state index in [1.807, 2.05) is 36.4 Å². The van der Waals surface area contributed by atoms with E-state index in [0.29, 0.717) is 0 Å². The molecule has 1 aromatic carbocycles. The van der Waals surface area contributed by atoms with Crippen LogP contribution in [0.3, 0.4) is 0 Å². The quantitative estimate of drug-likeness (QED) is 0.374. The van der Waals surface area contributed by atoms with Gasteiger partial charge in [-0.05, 0) is 0 Å². The molecule has 54 valence electrons. The minimum absolute atomic E-state index is 0. The Bertz CT molecular complexity index is 84.9. The Kier molecular flexibility index (Phi) is 36.6.